The summed E-state index contributed by atoms with van der Waals surface area (Å²) < 4.78 is 37.4. The number of hydrogen-bond donors (Lipinski definition) is 0. The standard InChI is InChI=1S/C22H30O16/c1-31-13(23)9-11(15(25)33-3)21(17(27)35-5,18(28)36-6)22(19(29)37-7,20(30)38-8)12(16(26)34-4)10-14(24)32-2/h11-12H,9-10H2,1-8H3. The molecule has 0 aromatic carbocycles. The highest BCUT2D eigenvalue weighted by Gasteiger charge is 2.81. The highest BCUT2D eigenvalue weighted by Crippen LogP contribution is 2.56. The highest BCUT2D eigenvalue weighted by atomic mass is 16.6. The molecule has 0 heterocycles. The summed E-state index contributed by atoms with van der Waals surface area (Å²) in [6.07, 6.45) is -2.43. The van der Waals surface area contributed by atoms with E-state index in [1.165, 1.54) is 0 Å². The van der Waals surface area contributed by atoms with Crippen LogP contribution >= 0.6 is 0 Å². The Labute approximate surface area is 217 Å². The van der Waals surface area contributed by atoms with Gasteiger partial charge >= 0.3 is 47.8 Å². The van der Waals surface area contributed by atoms with Crippen molar-refractivity contribution in [1.29, 1.82) is 0 Å². The third-order valence-electron chi connectivity index (χ3n) is 5.87. The van der Waals surface area contributed by atoms with E-state index < -0.39 is 83.3 Å². The molecule has 0 aromatic rings. The summed E-state index contributed by atoms with van der Waals surface area (Å²) in [5.41, 5.74) is -7.24. The van der Waals surface area contributed by atoms with Gasteiger partial charge < -0.3 is 37.9 Å². The van der Waals surface area contributed by atoms with Gasteiger partial charge in [0.25, 0.3) is 0 Å². The van der Waals surface area contributed by atoms with Gasteiger partial charge in [0.05, 0.1) is 81.6 Å². The molecule has 0 spiro atoms. The number of hydrogen-bond acceptors (Lipinski definition) is 16. The van der Waals surface area contributed by atoms with Crippen LogP contribution in [0, 0.1) is 22.7 Å². The number of esters is 8. The minimum absolute atomic E-state index is 0.694. The van der Waals surface area contributed by atoms with Gasteiger partial charge in [-0.15, -0.1) is 0 Å². The topological polar surface area (TPSA) is 210 Å². The fourth-order valence-electron chi connectivity index (χ4n) is 4.18. The zero-order valence-electron chi connectivity index (χ0n) is 22.1. The Morgan fingerprint density at radius 1 is 0.421 bits per heavy atom. The largest absolute Gasteiger partial charge is 0.469 e. The van der Waals surface area contributed by atoms with E-state index in [0.29, 0.717) is 28.4 Å². The molecule has 0 amide bonds. The van der Waals surface area contributed by atoms with E-state index in [4.69, 9.17) is 18.9 Å². The molecular formula is C22H30O16. The average Bonchev–Trinajstić information content (AvgIpc) is 2.94. The van der Waals surface area contributed by atoms with E-state index >= 15 is 0 Å². The zero-order chi connectivity index (χ0) is 29.8. The molecule has 0 aliphatic heterocycles. The summed E-state index contributed by atoms with van der Waals surface area (Å²) in [5, 5.41) is 0. The Kier molecular flexibility index (Phi) is 12.9. The maximum Gasteiger partial charge on any atom is 0.326 e. The predicted octanol–water partition coefficient (Wildman–Crippen LogP) is -1.64. The molecule has 38 heavy (non-hydrogen) atoms. The molecule has 0 fully saturated rings. The van der Waals surface area contributed by atoms with Crippen molar-refractivity contribution in [2.24, 2.45) is 22.7 Å². The Balaban J connectivity index is 8.69. The summed E-state index contributed by atoms with van der Waals surface area (Å²) in [4.78, 5) is 106. The van der Waals surface area contributed by atoms with Crippen molar-refractivity contribution in [3.8, 4) is 0 Å². The van der Waals surface area contributed by atoms with Crippen molar-refractivity contribution in [1.82, 2.24) is 0 Å². The van der Waals surface area contributed by atoms with Crippen molar-refractivity contribution in [2.75, 3.05) is 56.9 Å². The molecule has 2 atom stereocenters. The first-order valence-corrected chi connectivity index (χ1v) is 10.5. The fourth-order valence-corrected chi connectivity index (χ4v) is 4.18. The van der Waals surface area contributed by atoms with Crippen LogP contribution in [0.1, 0.15) is 12.8 Å². The number of carbonyl (C=O) groups is 8. The Morgan fingerprint density at radius 3 is 0.816 bits per heavy atom. The number of rotatable bonds is 13. The lowest BCUT2D eigenvalue weighted by Gasteiger charge is -2.47. The molecule has 0 radical (unpaired) electrons. The molecule has 0 aliphatic rings. The van der Waals surface area contributed by atoms with Crippen molar-refractivity contribution >= 4 is 47.8 Å². The van der Waals surface area contributed by atoms with Gasteiger partial charge in [0, 0.05) is 0 Å². The van der Waals surface area contributed by atoms with Crippen LogP contribution in [-0.2, 0) is 76.3 Å². The molecule has 2 unspecified atom stereocenters. The fraction of sp³-hybridized carbons (Fsp3) is 0.636. The lowest BCUT2D eigenvalue weighted by Crippen LogP contribution is -2.70. The summed E-state index contributed by atoms with van der Waals surface area (Å²) in [5.74, 6) is -17.9. The molecule has 0 aromatic heterocycles. The number of ether oxygens (including phenoxy) is 8. The number of carbonyl (C=O) groups excluding carboxylic acids is 8. The van der Waals surface area contributed by atoms with Gasteiger partial charge in [0.1, 0.15) is 0 Å². The first kappa shape index (κ1) is 33.8. The van der Waals surface area contributed by atoms with Crippen LogP contribution in [0.4, 0.5) is 0 Å². The summed E-state index contributed by atoms with van der Waals surface area (Å²) in [6.45, 7) is 0. The molecule has 0 saturated heterocycles. The number of methoxy groups -OCH3 is 8. The van der Waals surface area contributed by atoms with Crippen LogP contribution < -0.4 is 0 Å². The third kappa shape index (κ3) is 5.68. The van der Waals surface area contributed by atoms with Gasteiger partial charge in [0.2, 0.25) is 10.8 Å². The van der Waals surface area contributed by atoms with Crippen LogP contribution in [-0.4, -0.2) is 105 Å². The van der Waals surface area contributed by atoms with Crippen LogP contribution in [0.2, 0.25) is 0 Å². The van der Waals surface area contributed by atoms with Gasteiger partial charge in [-0.05, 0) is 0 Å². The molecule has 0 bridgehead atoms. The average molecular weight is 550 g/mol. The van der Waals surface area contributed by atoms with Crippen LogP contribution in [0.15, 0.2) is 0 Å². The van der Waals surface area contributed by atoms with Crippen LogP contribution in [0.3, 0.4) is 0 Å². The van der Waals surface area contributed by atoms with E-state index in [9.17, 15) is 38.4 Å². The molecule has 0 saturated carbocycles. The van der Waals surface area contributed by atoms with Gasteiger partial charge in [-0.1, -0.05) is 0 Å². The van der Waals surface area contributed by atoms with Crippen molar-refractivity contribution in [3.63, 3.8) is 0 Å². The minimum atomic E-state index is -3.62. The van der Waals surface area contributed by atoms with Crippen LogP contribution in [0.25, 0.3) is 0 Å². The zero-order valence-corrected chi connectivity index (χ0v) is 22.1. The second-order valence-corrected chi connectivity index (χ2v) is 7.29. The van der Waals surface area contributed by atoms with Crippen molar-refractivity contribution in [2.45, 2.75) is 12.8 Å². The highest BCUT2D eigenvalue weighted by molar-refractivity contribution is 6.18. The molecule has 0 rings (SSSR count). The van der Waals surface area contributed by atoms with Crippen molar-refractivity contribution in [3.05, 3.63) is 0 Å². The summed E-state index contributed by atoms with van der Waals surface area (Å²) in [7, 11) is 6.12. The van der Waals surface area contributed by atoms with E-state index in [1.54, 1.807) is 0 Å². The first-order chi connectivity index (χ1) is 17.8. The predicted molar refractivity (Wildman–Crippen MR) is 117 cm³/mol. The molecular weight excluding hydrogens is 520 g/mol. The second kappa shape index (κ2) is 14.5. The lowest BCUT2D eigenvalue weighted by molar-refractivity contribution is -0.218. The molecule has 16 nitrogen and oxygen atoms in total. The molecule has 214 valence electrons. The molecule has 0 aliphatic carbocycles. The van der Waals surface area contributed by atoms with Gasteiger partial charge in [-0.25, -0.2) is 0 Å². The first-order valence-electron chi connectivity index (χ1n) is 10.5. The summed E-state index contributed by atoms with van der Waals surface area (Å²) >= 11 is 0. The Bertz CT molecular complexity index is 843. The van der Waals surface area contributed by atoms with Crippen LogP contribution in [0.5, 0.6) is 0 Å². The van der Waals surface area contributed by atoms with Gasteiger partial charge in [0.15, 0.2) is 0 Å². The molecule has 0 N–H and O–H groups in total. The third-order valence-corrected chi connectivity index (χ3v) is 5.87. The van der Waals surface area contributed by atoms with Gasteiger partial charge in [-0.2, -0.15) is 0 Å². The smallest absolute Gasteiger partial charge is 0.326 e. The second-order valence-electron chi connectivity index (χ2n) is 7.29. The van der Waals surface area contributed by atoms with Gasteiger partial charge in [-0.3, -0.25) is 38.4 Å². The van der Waals surface area contributed by atoms with E-state index in [1.807, 2.05) is 0 Å². The Morgan fingerprint density at radius 2 is 0.658 bits per heavy atom. The van der Waals surface area contributed by atoms with E-state index in [2.05, 4.69) is 18.9 Å². The SMILES string of the molecule is COC(=O)CC(C(=O)OC)C(C(=O)OC)(C(=O)OC)C(C(=O)OC)(C(=O)OC)C(CC(=O)OC)C(=O)OC. The molecule has 16 heteroatoms. The van der Waals surface area contributed by atoms with E-state index in [0.717, 1.165) is 28.4 Å². The van der Waals surface area contributed by atoms with E-state index in [-0.39, 0.29) is 0 Å². The minimum Gasteiger partial charge on any atom is -0.469 e. The lowest BCUT2D eigenvalue weighted by atomic mass is 9.50. The Hall–Kier alpha value is -4.24. The normalized spacial score (nSPS) is 12.5. The maximum atomic E-state index is 13.7. The quantitative estimate of drug-likeness (QED) is 0.143. The maximum absolute atomic E-state index is 13.7. The van der Waals surface area contributed by atoms with Crippen molar-refractivity contribution < 1.29 is 76.3 Å². The summed E-state index contributed by atoms with van der Waals surface area (Å²) in [6, 6.07) is 0. The monoisotopic (exact) mass is 550 g/mol.